The molecule has 2 aromatic rings. The molecule has 1 amide bonds. The highest BCUT2D eigenvalue weighted by atomic mass is 16.5. The van der Waals surface area contributed by atoms with Gasteiger partial charge in [-0.15, -0.1) is 0 Å². The highest BCUT2D eigenvalue weighted by Gasteiger charge is 2.40. The predicted octanol–water partition coefficient (Wildman–Crippen LogP) is 4.21. The summed E-state index contributed by atoms with van der Waals surface area (Å²) in [5, 5.41) is 13.2. The van der Waals surface area contributed by atoms with Crippen LogP contribution in [0.1, 0.15) is 43.7 Å². The van der Waals surface area contributed by atoms with E-state index in [0.717, 1.165) is 24.1 Å². The van der Waals surface area contributed by atoms with Crippen LogP contribution in [0.3, 0.4) is 0 Å². The lowest BCUT2D eigenvalue weighted by Gasteiger charge is -2.36. The molecule has 0 radical (unpaired) electrons. The molecule has 0 bridgehead atoms. The molecule has 1 unspecified atom stereocenters. The first-order chi connectivity index (χ1) is 15.4. The van der Waals surface area contributed by atoms with E-state index in [1.165, 1.54) is 0 Å². The smallest absolute Gasteiger partial charge is 0.334 e. The Balaban J connectivity index is 1.78. The van der Waals surface area contributed by atoms with Crippen LogP contribution in [-0.2, 0) is 16.2 Å². The van der Waals surface area contributed by atoms with E-state index in [2.05, 4.69) is 5.32 Å². The molecule has 4 rings (SSSR count). The molecular weight excluding hydrogens is 404 g/mol. The fraction of sp³-hybridized carbons (Fsp3) is 0.308. The summed E-state index contributed by atoms with van der Waals surface area (Å²) in [5.74, 6) is -1.41. The number of nitrogens with zero attached hydrogens (tertiary/aromatic N) is 1. The minimum atomic E-state index is -1.04. The van der Waals surface area contributed by atoms with Crippen LogP contribution in [0, 0.1) is 0 Å². The van der Waals surface area contributed by atoms with E-state index >= 15 is 0 Å². The number of hydrogen-bond donors (Lipinski definition) is 2. The number of ether oxygens (including phenoxy) is 1. The lowest BCUT2D eigenvalue weighted by Crippen LogP contribution is -2.37. The number of amides is 1. The summed E-state index contributed by atoms with van der Waals surface area (Å²) in [6.07, 6.45) is 1.91. The van der Waals surface area contributed by atoms with E-state index in [1.54, 1.807) is 18.9 Å². The van der Waals surface area contributed by atoms with Crippen LogP contribution >= 0.6 is 0 Å². The minimum absolute atomic E-state index is 0.165. The Morgan fingerprint density at radius 1 is 1.00 bits per heavy atom. The van der Waals surface area contributed by atoms with Crippen molar-refractivity contribution in [2.24, 2.45) is 0 Å². The summed E-state index contributed by atoms with van der Waals surface area (Å²) in [6.45, 7) is 4.00. The first-order valence-corrected chi connectivity index (χ1v) is 10.8. The summed E-state index contributed by atoms with van der Waals surface area (Å²) >= 11 is 0. The second-order valence-electron chi connectivity index (χ2n) is 8.36. The summed E-state index contributed by atoms with van der Waals surface area (Å²) in [7, 11) is 1.80. The van der Waals surface area contributed by atoms with E-state index in [0.29, 0.717) is 29.2 Å². The van der Waals surface area contributed by atoms with Gasteiger partial charge in [0.2, 0.25) is 5.91 Å². The number of carboxylic acids is 1. The molecule has 6 nitrogen and oxygen atoms in total. The molecule has 2 N–H and O–H groups in total. The highest BCUT2D eigenvalue weighted by molar-refractivity contribution is 6.02. The number of hydrogen-bond acceptors (Lipinski definition) is 4. The monoisotopic (exact) mass is 432 g/mol. The quantitative estimate of drug-likeness (QED) is 0.685. The lowest BCUT2D eigenvalue weighted by molar-refractivity contribution is -0.133. The Morgan fingerprint density at radius 3 is 2.28 bits per heavy atom. The van der Waals surface area contributed by atoms with Crippen molar-refractivity contribution >= 4 is 11.9 Å². The van der Waals surface area contributed by atoms with Gasteiger partial charge in [0, 0.05) is 35.6 Å². The minimum Gasteiger partial charge on any atom is -0.489 e. The molecule has 0 spiro atoms. The number of rotatable bonds is 7. The normalized spacial score (nSPS) is 18.6. The summed E-state index contributed by atoms with van der Waals surface area (Å²) < 4.78 is 6.14. The molecule has 1 aliphatic carbocycles. The maximum absolute atomic E-state index is 13.3. The van der Waals surface area contributed by atoms with E-state index in [9.17, 15) is 14.7 Å². The summed E-state index contributed by atoms with van der Waals surface area (Å²) in [6, 6.07) is 17.3. The lowest BCUT2D eigenvalue weighted by atomic mass is 9.79. The Labute approximate surface area is 188 Å². The van der Waals surface area contributed by atoms with Crippen molar-refractivity contribution in [2.75, 3.05) is 7.05 Å². The second kappa shape index (κ2) is 8.91. The van der Waals surface area contributed by atoms with Gasteiger partial charge in [0.15, 0.2) is 0 Å². The van der Waals surface area contributed by atoms with Crippen molar-refractivity contribution in [1.82, 2.24) is 10.2 Å². The number of para-hydroxylation sites is 1. The van der Waals surface area contributed by atoms with Gasteiger partial charge in [-0.05, 0) is 38.3 Å². The van der Waals surface area contributed by atoms with Gasteiger partial charge in [-0.3, -0.25) is 4.79 Å². The van der Waals surface area contributed by atoms with Crippen molar-refractivity contribution in [2.45, 2.75) is 45.3 Å². The van der Waals surface area contributed by atoms with Crippen molar-refractivity contribution in [1.29, 1.82) is 0 Å². The largest absolute Gasteiger partial charge is 0.489 e. The highest BCUT2D eigenvalue weighted by Crippen LogP contribution is 2.44. The van der Waals surface area contributed by atoms with Crippen LogP contribution in [0.25, 0.3) is 0 Å². The fourth-order valence-electron chi connectivity index (χ4n) is 4.14. The second-order valence-corrected chi connectivity index (χ2v) is 8.36. The van der Waals surface area contributed by atoms with Crippen LogP contribution < -0.4 is 10.1 Å². The number of carbonyl (C=O) groups is 2. The maximum Gasteiger partial charge on any atom is 0.334 e. The van der Waals surface area contributed by atoms with Gasteiger partial charge in [0.1, 0.15) is 12.4 Å². The maximum atomic E-state index is 13.3. The fourth-order valence-corrected chi connectivity index (χ4v) is 4.14. The zero-order chi connectivity index (χ0) is 22.8. The van der Waals surface area contributed by atoms with Crippen molar-refractivity contribution in [3.63, 3.8) is 0 Å². The third kappa shape index (κ3) is 4.26. The number of carbonyl (C=O) groups excluding carboxylic acids is 1. The Bertz CT molecular complexity index is 1100. The Morgan fingerprint density at radius 2 is 1.62 bits per heavy atom. The third-order valence-electron chi connectivity index (χ3n) is 6.22. The van der Waals surface area contributed by atoms with E-state index < -0.39 is 11.9 Å². The Kier molecular flexibility index (Phi) is 6.04. The molecule has 2 aromatic carbocycles. The van der Waals surface area contributed by atoms with Gasteiger partial charge in [-0.2, -0.15) is 0 Å². The summed E-state index contributed by atoms with van der Waals surface area (Å²) in [4.78, 5) is 27.5. The van der Waals surface area contributed by atoms with E-state index in [-0.39, 0.29) is 17.5 Å². The van der Waals surface area contributed by atoms with Crippen molar-refractivity contribution < 1.29 is 19.4 Å². The van der Waals surface area contributed by atoms with Gasteiger partial charge in [-0.1, -0.05) is 48.5 Å². The van der Waals surface area contributed by atoms with Crippen LogP contribution in [0.15, 0.2) is 77.1 Å². The van der Waals surface area contributed by atoms with E-state index in [1.807, 2.05) is 61.5 Å². The predicted molar refractivity (Wildman–Crippen MR) is 122 cm³/mol. The number of aliphatic carboxylic acids is 1. The average Bonchev–Trinajstić information content (AvgIpc) is 3.60. The number of nitrogens with one attached hydrogen (secondary N) is 1. The van der Waals surface area contributed by atoms with Crippen LogP contribution in [0.2, 0.25) is 0 Å². The zero-order valence-electron chi connectivity index (χ0n) is 18.6. The molecule has 166 valence electrons. The van der Waals surface area contributed by atoms with Gasteiger partial charge in [0.25, 0.3) is 0 Å². The zero-order valence-corrected chi connectivity index (χ0v) is 18.6. The summed E-state index contributed by atoms with van der Waals surface area (Å²) in [5.41, 5.74) is 3.69. The average molecular weight is 433 g/mol. The molecule has 2 aliphatic rings. The molecule has 1 fully saturated rings. The molecule has 1 saturated carbocycles. The SMILES string of the molecule is CC1=C(C(=O)O)C(c2ccccc2OCc2ccccc2)C(C(=O)NC2CC2)=C(C)N1C. The third-order valence-corrected chi connectivity index (χ3v) is 6.22. The van der Waals surface area contributed by atoms with E-state index in [4.69, 9.17) is 4.74 Å². The van der Waals surface area contributed by atoms with Crippen LogP contribution in [-0.4, -0.2) is 35.0 Å². The molecule has 1 atom stereocenters. The van der Waals surface area contributed by atoms with Crippen molar-refractivity contribution in [3.8, 4) is 5.75 Å². The molecule has 0 aromatic heterocycles. The molecular formula is C26H28N2O4. The first kappa shape index (κ1) is 21.7. The van der Waals surface area contributed by atoms with Gasteiger partial charge in [0.05, 0.1) is 11.5 Å². The molecule has 6 heteroatoms. The van der Waals surface area contributed by atoms with Crippen LogP contribution in [0.5, 0.6) is 5.75 Å². The van der Waals surface area contributed by atoms with Gasteiger partial charge in [-0.25, -0.2) is 4.79 Å². The van der Waals surface area contributed by atoms with Crippen molar-refractivity contribution in [3.05, 3.63) is 88.3 Å². The Hall–Kier alpha value is -3.54. The molecule has 1 aliphatic heterocycles. The van der Waals surface area contributed by atoms with Crippen LogP contribution in [0.4, 0.5) is 0 Å². The molecule has 1 heterocycles. The van der Waals surface area contributed by atoms with Gasteiger partial charge >= 0.3 is 5.97 Å². The first-order valence-electron chi connectivity index (χ1n) is 10.8. The van der Waals surface area contributed by atoms with Gasteiger partial charge < -0.3 is 20.1 Å². The number of carboxylic acid groups (broad SMARTS) is 1. The number of benzene rings is 2. The molecule has 0 saturated heterocycles. The standard InChI is InChI=1S/C26H28N2O4/c1-16-22(25(29)27-19-13-14-19)24(23(26(30)31)17(2)28(16)3)20-11-7-8-12-21(20)32-15-18-9-5-4-6-10-18/h4-12,19,24H,13-15H2,1-3H3,(H,27,29)(H,30,31). The topological polar surface area (TPSA) is 78.9 Å². The number of allylic oxidation sites excluding steroid dienone is 2. The molecule has 32 heavy (non-hydrogen) atoms.